The third kappa shape index (κ3) is 4.30. The topological polar surface area (TPSA) is 9.23 Å². The number of hydrogen-bond acceptors (Lipinski definition) is 1. The highest BCUT2D eigenvalue weighted by Crippen LogP contribution is 2.37. The predicted octanol–water partition coefficient (Wildman–Crippen LogP) is 4.15. The van der Waals surface area contributed by atoms with Crippen LogP contribution in [0.3, 0.4) is 0 Å². The van der Waals surface area contributed by atoms with Crippen molar-refractivity contribution in [1.82, 2.24) is 0 Å². The molecule has 0 aliphatic rings. The van der Waals surface area contributed by atoms with Gasteiger partial charge in [0.2, 0.25) is 0 Å². The van der Waals surface area contributed by atoms with Crippen molar-refractivity contribution in [3.05, 3.63) is 11.6 Å². The molecule has 0 aromatic carbocycles. The Kier molecular flexibility index (Phi) is 4.70. The molecule has 0 spiro atoms. The summed E-state index contributed by atoms with van der Waals surface area (Å²) in [7, 11) is -1.62. The van der Waals surface area contributed by atoms with Crippen molar-refractivity contribution in [2.75, 3.05) is 0 Å². The normalized spacial score (nSPS) is 16.5. The standard InChI is InChI=1S/C10H21ClOSi/c1-9(7-8-11)12-13(5,6)10(2,3)4/h7-9H,1-6H3/b8-7+. The van der Waals surface area contributed by atoms with Gasteiger partial charge in [-0.3, -0.25) is 0 Å². The Hall–Kier alpha value is 0.207. The molecule has 0 bridgehead atoms. The molecule has 1 nitrogen and oxygen atoms in total. The van der Waals surface area contributed by atoms with E-state index in [0.717, 1.165) is 0 Å². The van der Waals surface area contributed by atoms with Gasteiger partial charge in [0.1, 0.15) is 0 Å². The summed E-state index contributed by atoms with van der Waals surface area (Å²) < 4.78 is 6.01. The molecule has 0 N–H and O–H groups in total. The number of hydrogen-bond donors (Lipinski definition) is 0. The highest BCUT2D eigenvalue weighted by molar-refractivity contribution is 6.74. The molecule has 1 unspecified atom stereocenters. The van der Waals surface area contributed by atoms with Gasteiger partial charge in [-0.15, -0.1) is 0 Å². The van der Waals surface area contributed by atoms with Crippen molar-refractivity contribution < 1.29 is 4.43 Å². The molecule has 0 saturated heterocycles. The lowest BCUT2D eigenvalue weighted by Crippen LogP contribution is -2.42. The fraction of sp³-hybridized carbons (Fsp3) is 0.800. The van der Waals surface area contributed by atoms with Gasteiger partial charge >= 0.3 is 0 Å². The molecule has 0 aliphatic heterocycles. The predicted molar refractivity (Wildman–Crippen MR) is 62.7 cm³/mol. The molecule has 0 rings (SSSR count). The zero-order valence-corrected chi connectivity index (χ0v) is 11.3. The van der Waals surface area contributed by atoms with Gasteiger partial charge in [-0.1, -0.05) is 32.4 Å². The first-order valence-corrected chi connectivity index (χ1v) is 8.00. The molecule has 0 radical (unpaired) electrons. The van der Waals surface area contributed by atoms with Gasteiger partial charge in [0.05, 0.1) is 6.10 Å². The molecule has 13 heavy (non-hydrogen) atoms. The van der Waals surface area contributed by atoms with Crippen LogP contribution in [-0.4, -0.2) is 14.4 Å². The lowest BCUT2D eigenvalue weighted by Gasteiger charge is -2.37. The Morgan fingerprint density at radius 2 is 1.77 bits per heavy atom. The van der Waals surface area contributed by atoms with E-state index in [0.29, 0.717) is 0 Å². The molecule has 0 amide bonds. The summed E-state index contributed by atoms with van der Waals surface area (Å²) in [6.45, 7) is 13.2. The van der Waals surface area contributed by atoms with Gasteiger partial charge in [-0.05, 0) is 31.1 Å². The van der Waals surface area contributed by atoms with E-state index in [1.807, 2.05) is 13.0 Å². The lowest BCUT2D eigenvalue weighted by molar-refractivity contribution is 0.243. The smallest absolute Gasteiger partial charge is 0.192 e. The molecular weight excluding hydrogens is 200 g/mol. The van der Waals surface area contributed by atoms with Gasteiger partial charge in [0.25, 0.3) is 0 Å². The van der Waals surface area contributed by atoms with Crippen LogP contribution in [0.25, 0.3) is 0 Å². The lowest BCUT2D eigenvalue weighted by atomic mass is 10.2. The second-order valence-electron chi connectivity index (χ2n) is 4.90. The molecule has 0 aromatic heterocycles. The van der Waals surface area contributed by atoms with Crippen LogP contribution in [0, 0.1) is 0 Å². The maximum Gasteiger partial charge on any atom is 0.192 e. The Morgan fingerprint density at radius 3 is 2.08 bits per heavy atom. The van der Waals surface area contributed by atoms with E-state index in [1.165, 1.54) is 5.54 Å². The van der Waals surface area contributed by atoms with E-state index in [4.69, 9.17) is 16.0 Å². The maximum atomic E-state index is 6.01. The van der Waals surface area contributed by atoms with Crippen molar-refractivity contribution in [1.29, 1.82) is 0 Å². The van der Waals surface area contributed by atoms with Crippen molar-refractivity contribution >= 4 is 19.9 Å². The quantitative estimate of drug-likeness (QED) is 0.650. The van der Waals surface area contributed by atoms with E-state index in [-0.39, 0.29) is 11.1 Å². The van der Waals surface area contributed by atoms with E-state index in [1.54, 1.807) is 0 Å². The minimum absolute atomic E-state index is 0.124. The number of halogens is 1. The second kappa shape index (κ2) is 4.62. The molecule has 0 aromatic rings. The Labute approximate surface area is 88.3 Å². The third-order valence-electron chi connectivity index (χ3n) is 2.63. The van der Waals surface area contributed by atoms with Gasteiger partial charge in [0.15, 0.2) is 8.32 Å². The summed E-state index contributed by atoms with van der Waals surface area (Å²) in [4.78, 5) is 0. The van der Waals surface area contributed by atoms with Gasteiger partial charge in [-0.2, -0.15) is 0 Å². The zero-order valence-electron chi connectivity index (χ0n) is 9.52. The maximum absolute atomic E-state index is 6.01. The zero-order chi connectivity index (χ0) is 10.7. The van der Waals surface area contributed by atoms with Crippen LogP contribution in [-0.2, 0) is 4.43 Å². The second-order valence-corrected chi connectivity index (χ2v) is 9.91. The highest BCUT2D eigenvalue weighted by atomic mass is 35.5. The molecule has 0 fully saturated rings. The fourth-order valence-electron chi connectivity index (χ4n) is 0.783. The summed E-state index contributed by atoms with van der Waals surface area (Å²) in [5.74, 6) is 0. The fourth-order valence-corrected chi connectivity index (χ4v) is 2.35. The van der Waals surface area contributed by atoms with E-state index >= 15 is 0 Å². The molecule has 1 atom stereocenters. The summed E-state index contributed by atoms with van der Waals surface area (Å²) in [5, 5.41) is 0.265. The summed E-state index contributed by atoms with van der Waals surface area (Å²) in [6.07, 6.45) is 2.00. The highest BCUT2D eigenvalue weighted by Gasteiger charge is 2.37. The van der Waals surface area contributed by atoms with Crippen molar-refractivity contribution in [3.8, 4) is 0 Å². The monoisotopic (exact) mass is 220 g/mol. The van der Waals surface area contributed by atoms with E-state index in [2.05, 4.69) is 33.9 Å². The van der Waals surface area contributed by atoms with Crippen LogP contribution in [0.5, 0.6) is 0 Å². The number of rotatable bonds is 3. The molecule has 3 heteroatoms. The first-order valence-electron chi connectivity index (χ1n) is 4.65. The van der Waals surface area contributed by atoms with Crippen LogP contribution in [0.2, 0.25) is 18.1 Å². The van der Waals surface area contributed by atoms with E-state index in [9.17, 15) is 0 Å². The first kappa shape index (κ1) is 13.2. The first-order chi connectivity index (χ1) is 5.70. The van der Waals surface area contributed by atoms with Crippen LogP contribution >= 0.6 is 11.6 Å². The largest absolute Gasteiger partial charge is 0.411 e. The van der Waals surface area contributed by atoms with Crippen molar-refractivity contribution in [3.63, 3.8) is 0 Å². The van der Waals surface area contributed by atoms with Crippen LogP contribution in [0.15, 0.2) is 11.6 Å². The van der Waals surface area contributed by atoms with Crippen molar-refractivity contribution in [2.24, 2.45) is 0 Å². The molecule has 0 heterocycles. The molecule has 0 saturated carbocycles. The average Bonchev–Trinajstić information content (AvgIpc) is 1.83. The molecule has 0 aliphatic carbocycles. The summed E-state index contributed by atoms with van der Waals surface area (Å²) in [6, 6.07) is 0. The van der Waals surface area contributed by atoms with Crippen LogP contribution in [0.1, 0.15) is 27.7 Å². The van der Waals surface area contributed by atoms with Crippen LogP contribution < -0.4 is 0 Å². The summed E-state index contributed by atoms with van der Waals surface area (Å²) >= 11 is 5.49. The average molecular weight is 221 g/mol. The third-order valence-corrected chi connectivity index (χ3v) is 7.35. The SMILES string of the molecule is CC(/C=C/Cl)O[Si](C)(C)C(C)(C)C. The Morgan fingerprint density at radius 1 is 1.31 bits per heavy atom. The Balaban J connectivity index is 4.33. The minimum Gasteiger partial charge on any atom is -0.411 e. The van der Waals surface area contributed by atoms with E-state index < -0.39 is 8.32 Å². The van der Waals surface area contributed by atoms with Gasteiger partial charge < -0.3 is 4.43 Å². The van der Waals surface area contributed by atoms with Crippen molar-refractivity contribution in [2.45, 2.75) is 51.9 Å². The Bertz CT molecular complexity index is 182. The minimum atomic E-state index is -1.62. The van der Waals surface area contributed by atoms with Crippen LogP contribution in [0.4, 0.5) is 0 Å². The van der Waals surface area contributed by atoms with Gasteiger partial charge in [0, 0.05) is 5.54 Å². The van der Waals surface area contributed by atoms with Gasteiger partial charge in [-0.25, -0.2) is 0 Å². The summed E-state index contributed by atoms with van der Waals surface area (Å²) in [5.41, 5.74) is 1.53. The molecular formula is C10H21ClOSi. The molecule has 78 valence electrons.